The van der Waals surface area contributed by atoms with E-state index in [0.29, 0.717) is 10.7 Å². The zero-order chi connectivity index (χ0) is 15.2. The van der Waals surface area contributed by atoms with E-state index in [0.717, 1.165) is 25.9 Å². The maximum Gasteiger partial charge on any atom is 0.188 e. The van der Waals surface area contributed by atoms with Gasteiger partial charge in [-0.1, -0.05) is 16.8 Å². The fraction of sp³-hybridized carbons (Fsp3) is 0.385. The first-order chi connectivity index (χ1) is 10.1. The molecule has 8 heteroatoms. The number of hydrogen-bond acceptors (Lipinski definition) is 4. The lowest BCUT2D eigenvalue weighted by atomic mass is 10.2. The predicted octanol–water partition coefficient (Wildman–Crippen LogP) is 2.76. The van der Waals surface area contributed by atoms with E-state index in [1.165, 1.54) is 25.5 Å². The summed E-state index contributed by atoms with van der Waals surface area (Å²) in [4.78, 5) is 4.60. The number of nitrogens with one attached hydrogen (secondary N) is 2. The number of anilines is 1. The summed E-state index contributed by atoms with van der Waals surface area (Å²) in [7, 11) is 1.42. The molecule has 0 radical (unpaired) electrons. The van der Waals surface area contributed by atoms with Gasteiger partial charge >= 0.3 is 0 Å². The van der Waals surface area contributed by atoms with Crippen molar-refractivity contribution < 1.29 is 9.23 Å². The molecule has 1 saturated heterocycles. The fourth-order valence-corrected chi connectivity index (χ4v) is 2.38. The van der Waals surface area contributed by atoms with Gasteiger partial charge in [-0.25, -0.2) is 9.82 Å². The Morgan fingerprint density at radius 3 is 3.05 bits per heavy atom. The summed E-state index contributed by atoms with van der Waals surface area (Å²) in [6, 6.07) is 2.75. The summed E-state index contributed by atoms with van der Waals surface area (Å²) < 4.78 is 14.0. The van der Waals surface area contributed by atoms with E-state index < -0.39 is 5.82 Å². The number of hydrazine groups is 1. The number of halogens is 2. The van der Waals surface area contributed by atoms with E-state index in [1.807, 2.05) is 0 Å². The summed E-state index contributed by atoms with van der Waals surface area (Å²) >= 11 is 11.2. The average Bonchev–Trinajstić information content (AvgIpc) is 2.49. The largest absolute Gasteiger partial charge is 0.399 e. The predicted molar refractivity (Wildman–Crippen MR) is 86.2 cm³/mol. The van der Waals surface area contributed by atoms with E-state index in [2.05, 4.69) is 20.7 Å². The number of oxime groups is 1. The molecule has 1 aromatic carbocycles. The van der Waals surface area contributed by atoms with Gasteiger partial charge in [-0.05, 0) is 37.2 Å². The van der Waals surface area contributed by atoms with Crippen LogP contribution in [-0.4, -0.2) is 36.5 Å². The highest BCUT2D eigenvalue weighted by Gasteiger charge is 2.15. The van der Waals surface area contributed by atoms with Crippen molar-refractivity contribution in [3.63, 3.8) is 0 Å². The molecule has 0 unspecified atom stereocenters. The molecule has 0 spiro atoms. The Kier molecular flexibility index (Phi) is 5.72. The van der Waals surface area contributed by atoms with E-state index in [9.17, 15) is 4.39 Å². The van der Waals surface area contributed by atoms with E-state index in [4.69, 9.17) is 23.8 Å². The van der Waals surface area contributed by atoms with Crippen LogP contribution >= 0.6 is 23.8 Å². The third-order valence-corrected chi connectivity index (χ3v) is 3.63. The third-order valence-electron chi connectivity index (χ3n) is 2.98. The number of benzene rings is 1. The molecular weight excluding hydrogens is 315 g/mol. The lowest BCUT2D eigenvalue weighted by Crippen LogP contribution is -2.48. The molecule has 0 aliphatic carbocycles. The SMILES string of the molecule is CO/N=C/c1cc(NC(=S)N2CCCCN2)c(F)cc1Cl. The molecule has 2 rings (SSSR count). The van der Waals surface area contributed by atoms with Crippen molar-refractivity contribution in [3.05, 3.63) is 28.5 Å². The molecule has 1 fully saturated rings. The Hall–Kier alpha value is -1.44. The fourth-order valence-electron chi connectivity index (χ4n) is 1.91. The molecule has 5 nitrogen and oxygen atoms in total. The highest BCUT2D eigenvalue weighted by molar-refractivity contribution is 7.80. The molecule has 0 amide bonds. The molecule has 0 aromatic heterocycles. The van der Waals surface area contributed by atoms with E-state index in [1.54, 1.807) is 5.01 Å². The zero-order valence-corrected chi connectivity index (χ0v) is 13.1. The van der Waals surface area contributed by atoms with Crippen molar-refractivity contribution in [2.45, 2.75) is 12.8 Å². The number of thiocarbonyl (C=S) groups is 1. The monoisotopic (exact) mass is 330 g/mol. The lowest BCUT2D eigenvalue weighted by molar-refractivity contribution is 0.215. The first kappa shape index (κ1) is 15.9. The molecular formula is C13H16ClFN4OS. The Balaban J connectivity index is 2.14. The second-order valence-electron chi connectivity index (χ2n) is 4.47. The van der Waals surface area contributed by atoms with Crippen LogP contribution < -0.4 is 10.7 Å². The summed E-state index contributed by atoms with van der Waals surface area (Å²) in [5.41, 5.74) is 3.94. The van der Waals surface area contributed by atoms with Crippen LogP contribution in [0.2, 0.25) is 5.02 Å². The minimum absolute atomic E-state index is 0.245. The van der Waals surface area contributed by atoms with Crippen molar-refractivity contribution in [2.75, 3.05) is 25.5 Å². The van der Waals surface area contributed by atoms with Crippen LogP contribution in [0.4, 0.5) is 10.1 Å². The standard InChI is InChI=1S/C13H16ClFN4OS/c1-20-17-8-9-6-12(11(15)7-10(9)14)18-13(21)19-5-3-2-4-16-19/h6-8,16H,2-5H2,1H3,(H,18,21)/b17-8+. The van der Waals surface area contributed by atoms with Crippen LogP contribution in [0.3, 0.4) is 0 Å². The normalized spacial score (nSPS) is 15.3. The number of hydrogen-bond donors (Lipinski definition) is 2. The van der Waals surface area contributed by atoms with Gasteiger partial charge in [0.15, 0.2) is 5.11 Å². The topological polar surface area (TPSA) is 48.9 Å². The Labute approximate surface area is 133 Å². The molecule has 1 aliphatic heterocycles. The Morgan fingerprint density at radius 2 is 2.38 bits per heavy atom. The van der Waals surface area contributed by atoms with Crippen LogP contribution in [0, 0.1) is 5.82 Å². The smallest absolute Gasteiger partial charge is 0.188 e. The highest BCUT2D eigenvalue weighted by atomic mass is 35.5. The molecule has 1 heterocycles. The molecule has 21 heavy (non-hydrogen) atoms. The molecule has 1 aliphatic rings. The second-order valence-corrected chi connectivity index (χ2v) is 5.26. The summed E-state index contributed by atoms with van der Waals surface area (Å²) in [6.07, 6.45) is 3.56. The Morgan fingerprint density at radius 1 is 1.57 bits per heavy atom. The van der Waals surface area contributed by atoms with Crippen molar-refractivity contribution in [1.82, 2.24) is 10.4 Å². The zero-order valence-electron chi connectivity index (χ0n) is 11.5. The van der Waals surface area contributed by atoms with Crippen molar-refractivity contribution in [2.24, 2.45) is 5.16 Å². The van der Waals surface area contributed by atoms with Gasteiger partial charge in [-0.2, -0.15) is 0 Å². The maximum absolute atomic E-state index is 14.0. The number of nitrogens with zero attached hydrogens (tertiary/aromatic N) is 2. The summed E-state index contributed by atoms with van der Waals surface area (Å²) in [6.45, 7) is 1.65. The molecule has 0 atom stereocenters. The first-order valence-corrected chi connectivity index (χ1v) is 7.28. The molecule has 114 valence electrons. The van der Waals surface area contributed by atoms with Gasteiger partial charge in [0.25, 0.3) is 0 Å². The van der Waals surface area contributed by atoms with Crippen molar-refractivity contribution in [1.29, 1.82) is 0 Å². The first-order valence-electron chi connectivity index (χ1n) is 6.49. The lowest BCUT2D eigenvalue weighted by Gasteiger charge is -2.30. The van der Waals surface area contributed by atoms with Crippen molar-refractivity contribution in [3.8, 4) is 0 Å². The van der Waals surface area contributed by atoms with Gasteiger partial charge in [0.1, 0.15) is 12.9 Å². The van der Waals surface area contributed by atoms with Gasteiger partial charge in [0, 0.05) is 18.7 Å². The van der Waals surface area contributed by atoms with Gasteiger partial charge in [0.05, 0.1) is 16.9 Å². The average molecular weight is 331 g/mol. The third kappa shape index (κ3) is 4.26. The molecule has 1 aromatic rings. The van der Waals surface area contributed by atoms with Crippen LogP contribution in [0.25, 0.3) is 0 Å². The minimum Gasteiger partial charge on any atom is -0.399 e. The number of rotatable bonds is 3. The van der Waals surface area contributed by atoms with Gasteiger partial charge in [0.2, 0.25) is 0 Å². The van der Waals surface area contributed by atoms with E-state index in [-0.39, 0.29) is 10.7 Å². The van der Waals surface area contributed by atoms with Gasteiger partial charge in [-0.3, -0.25) is 5.01 Å². The molecule has 2 N–H and O–H groups in total. The molecule has 0 saturated carbocycles. The van der Waals surface area contributed by atoms with Gasteiger partial charge < -0.3 is 10.2 Å². The minimum atomic E-state index is -0.478. The summed E-state index contributed by atoms with van der Waals surface area (Å²) in [5, 5.41) is 8.98. The Bertz CT molecular complexity index is 549. The highest BCUT2D eigenvalue weighted by Crippen LogP contribution is 2.23. The van der Waals surface area contributed by atoms with Crippen LogP contribution in [-0.2, 0) is 4.84 Å². The summed E-state index contributed by atoms with van der Waals surface area (Å²) in [5.74, 6) is -0.478. The van der Waals surface area contributed by atoms with Crippen LogP contribution in [0.15, 0.2) is 17.3 Å². The van der Waals surface area contributed by atoms with Crippen LogP contribution in [0.1, 0.15) is 18.4 Å². The van der Waals surface area contributed by atoms with Crippen molar-refractivity contribution >= 4 is 40.8 Å². The maximum atomic E-state index is 14.0. The van der Waals surface area contributed by atoms with Crippen LogP contribution in [0.5, 0.6) is 0 Å². The second kappa shape index (κ2) is 7.53. The van der Waals surface area contributed by atoms with Gasteiger partial charge in [-0.15, -0.1) is 0 Å². The molecule has 0 bridgehead atoms. The quantitative estimate of drug-likeness (QED) is 0.507. The van der Waals surface area contributed by atoms with E-state index >= 15 is 0 Å².